The predicted octanol–water partition coefficient (Wildman–Crippen LogP) is 2.75. The van der Waals surface area contributed by atoms with Gasteiger partial charge in [0.2, 0.25) is 5.82 Å². The van der Waals surface area contributed by atoms with Crippen LogP contribution in [0.15, 0.2) is 47.8 Å². The fourth-order valence-corrected chi connectivity index (χ4v) is 4.50. The maximum atomic E-state index is 13.3. The quantitative estimate of drug-likeness (QED) is 0.465. The molecule has 0 unspecified atom stereocenters. The maximum absolute atomic E-state index is 13.3. The molecule has 0 spiro atoms. The molecule has 10 heteroatoms. The monoisotopic (exact) mass is 449 g/mol. The number of hydrogen-bond acceptors (Lipinski definition) is 7. The number of carbonyl (C=O) groups is 1. The Morgan fingerprint density at radius 3 is 2.69 bits per heavy atom. The molecule has 1 atom stereocenters. The fourth-order valence-electron chi connectivity index (χ4n) is 3.80. The largest absolute Gasteiger partial charge is 0.373 e. The van der Waals surface area contributed by atoms with Crippen molar-refractivity contribution in [3.05, 3.63) is 65.3 Å². The number of amides is 1. The number of benzene rings is 1. The minimum absolute atomic E-state index is 0.166. The van der Waals surface area contributed by atoms with Gasteiger partial charge in [0, 0.05) is 13.1 Å². The molecule has 1 aliphatic heterocycles. The van der Waals surface area contributed by atoms with Crippen molar-refractivity contribution in [2.75, 3.05) is 19.7 Å². The van der Waals surface area contributed by atoms with Gasteiger partial charge in [0.25, 0.3) is 5.91 Å². The zero-order valence-electron chi connectivity index (χ0n) is 17.9. The summed E-state index contributed by atoms with van der Waals surface area (Å²) in [4.78, 5) is 25.0. The Kier molecular flexibility index (Phi) is 5.54. The molecule has 0 N–H and O–H groups in total. The summed E-state index contributed by atoms with van der Waals surface area (Å²) in [7, 11) is 0. The molecule has 0 saturated carbocycles. The van der Waals surface area contributed by atoms with Crippen LogP contribution in [0.2, 0.25) is 0 Å². The van der Waals surface area contributed by atoms with E-state index in [1.807, 2.05) is 66.4 Å². The average molecular weight is 450 g/mol. The number of aryl methyl sites for hydroxylation is 2. The molecule has 5 rings (SSSR count). The van der Waals surface area contributed by atoms with Gasteiger partial charge in [-0.15, -0.1) is 16.4 Å². The molecular weight excluding hydrogens is 426 g/mol. The zero-order valence-corrected chi connectivity index (χ0v) is 18.7. The Morgan fingerprint density at radius 1 is 1.12 bits per heavy atom. The molecule has 9 nitrogen and oxygen atoms in total. The molecule has 164 valence electrons. The molecule has 3 aromatic heterocycles. The number of ether oxygens (including phenoxy) is 1. The van der Waals surface area contributed by atoms with Crippen molar-refractivity contribution >= 4 is 17.2 Å². The smallest absolute Gasteiger partial charge is 0.293 e. The van der Waals surface area contributed by atoms with E-state index in [9.17, 15) is 4.79 Å². The van der Waals surface area contributed by atoms with E-state index in [2.05, 4.69) is 20.2 Å². The van der Waals surface area contributed by atoms with Crippen LogP contribution in [0, 0.1) is 13.8 Å². The van der Waals surface area contributed by atoms with Gasteiger partial charge < -0.3 is 9.64 Å². The summed E-state index contributed by atoms with van der Waals surface area (Å²) in [5.74, 6) is 2.21. The van der Waals surface area contributed by atoms with Gasteiger partial charge in [-0.05, 0) is 37.4 Å². The fraction of sp³-hybridized carbons (Fsp3) is 0.318. The first-order valence-corrected chi connectivity index (χ1v) is 11.3. The van der Waals surface area contributed by atoms with Crippen LogP contribution in [-0.2, 0) is 11.3 Å². The molecule has 4 aromatic rings. The number of rotatable bonds is 5. The third kappa shape index (κ3) is 4.06. The minimum Gasteiger partial charge on any atom is -0.373 e. The summed E-state index contributed by atoms with van der Waals surface area (Å²) >= 11 is 1.57. The van der Waals surface area contributed by atoms with Gasteiger partial charge in [-0.1, -0.05) is 24.3 Å². The number of thiophene rings is 1. The van der Waals surface area contributed by atoms with Gasteiger partial charge in [-0.25, -0.2) is 19.3 Å². The highest BCUT2D eigenvalue weighted by Gasteiger charge is 2.29. The maximum Gasteiger partial charge on any atom is 0.293 e. The van der Waals surface area contributed by atoms with Crippen LogP contribution >= 0.6 is 11.3 Å². The van der Waals surface area contributed by atoms with Crippen LogP contribution < -0.4 is 0 Å². The summed E-state index contributed by atoms with van der Waals surface area (Å²) in [5, 5.41) is 11.0. The lowest BCUT2D eigenvalue weighted by atomic mass is 10.2. The van der Waals surface area contributed by atoms with Crippen LogP contribution in [0.3, 0.4) is 0 Å². The van der Waals surface area contributed by atoms with Crippen LogP contribution in [-0.4, -0.2) is 66.1 Å². The lowest BCUT2D eigenvalue weighted by molar-refractivity contribution is -0.0306. The molecule has 1 amide bonds. The molecular formula is C22H23N7O2S. The van der Waals surface area contributed by atoms with Crippen molar-refractivity contribution < 1.29 is 9.53 Å². The van der Waals surface area contributed by atoms with Crippen LogP contribution in [0.4, 0.5) is 0 Å². The number of aromatic nitrogens is 6. The van der Waals surface area contributed by atoms with Crippen molar-refractivity contribution in [1.82, 2.24) is 34.4 Å². The molecule has 1 saturated heterocycles. The SMILES string of the molecule is Cc1nc(C)n(C[C@H]2CN(C(=O)c3nc(-c4cccs4)n(-c4ccccc4)n3)CCO2)n1. The Bertz CT molecular complexity index is 1220. The molecule has 32 heavy (non-hydrogen) atoms. The van der Waals surface area contributed by atoms with E-state index < -0.39 is 0 Å². The molecule has 4 heterocycles. The summed E-state index contributed by atoms with van der Waals surface area (Å²) in [6.45, 7) is 5.73. The Morgan fingerprint density at radius 2 is 1.97 bits per heavy atom. The van der Waals surface area contributed by atoms with Crippen molar-refractivity contribution in [3.8, 4) is 16.4 Å². The molecule has 1 aliphatic rings. The van der Waals surface area contributed by atoms with E-state index in [0.29, 0.717) is 32.1 Å². The number of morpholine rings is 1. The van der Waals surface area contributed by atoms with Gasteiger partial charge in [0.05, 0.1) is 29.8 Å². The Labute approximate surface area is 189 Å². The first-order chi connectivity index (χ1) is 15.6. The van der Waals surface area contributed by atoms with Gasteiger partial charge in [0.15, 0.2) is 5.82 Å². The van der Waals surface area contributed by atoms with Crippen molar-refractivity contribution in [2.24, 2.45) is 0 Å². The van der Waals surface area contributed by atoms with Gasteiger partial charge in [-0.3, -0.25) is 4.79 Å². The summed E-state index contributed by atoms with van der Waals surface area (Å²) in [6.07, 6.45) is -0.166. The molecule has 0 aliphatic carbocycles. The Balaban J connectivity index is 1.39. The number of carbonyl (C=O) groups excluding carboxylic acids is 1. The Hall–Kier alpha value is -3.37. The van der Waals surface area contributed by atoms with Crippen LogP contribution in [0.5, 0.6) is 0 Å². The highest BCUT2D eigenvalue weighted by Crippen LogP contribution is 2.26. The van der Waals surface area contributed by atoms with Gasteiger partial charge in [0.1, 0.15) is 11.6 Å². The third-order valence-corrected chi connectivity index (χ3v) is 6.17. The van der Waals surface area contributed by atoms with Gasteiger partial charge in [-0.2, -0.15) is 5.10 Å². The molecule has 0 bridgehead atoms. The van der Waals surface area contributed by atoms with E-state index in [0.717, 1.165) is 22.2 Å². The summed E-state index contributed by atoms with van der Waals surface area (Å²) in [6, 6.07) is 13.7. The number of hydrogen-bond donors (Lipinski definition) is 0. The number of nitrogens with zero attached hydrogens (tertiary/aromatic N) is 7. The first kappa shape index (κ1) is 20.5. The normalized spacial score (nSPS) is 16.4. The van der Waals surface area contributed by atoms with Crippen molar-refractivity contribution in [2.45, 2.75) is 26.5 Å². The van der Waals surface area contributed by atoms with E-state index >= 15 is 0 Å². The molecule has 0 radical (unpaired) electrons. The highest BCUT2D eigenvalue weighted by atomic mass is 32.1. The first-order valence-electron chi connectivity index (χ1n) is 10.4. The van der Waals surface area contributed by atoms with Gasteiger partial charge >= 0.3 is 0 Å². The summed E-state index contributed by atoms with van der Waals surface area (Å²) < 4.78 is 9.45. The topological polar surface area (TPSA) is 91.0 Å². The molecule has 1 aromatic carbocycles. The lowest BCUT2D eigenvalue weighted by Gasteiger charge is -2.32. The van der Waals surface area contributed by atoms with Crippen molar-refractivity contribution in [3.63, 3.8) is 0 Å². The second-order valence-corrected chi connectivity index (χ2v) is 8.56. The minimum atomic E-state index is -0.197. The van der Waals surface area contributed by atoms with E-state index in [1.54, 1.807) is 20.9 Å². The second kappa shape index (κ2) is 8.64. The zero-order chi connectivity index (χ0) is 22.1. The number of para-hydroxylation sites is 1. The van der Waals surface area contributed by atoms with Crippen molar-refractivity contribution in [1.29, 1.82) is 0 Å². The highest BCUT2D eigenvalue weighted by molar-refractivity contribution is 7.13. The van der Waals surface area contributed by atoms with E-state index in [4.69, 9.17) is 4.74 Å². The van der Waals surface area contributed by atoms with Crippen LogP contribution in [0.25, 0.3) is 16.4 Å². The van der Waals surface area contributed by atoms with E-state index in [-0.39, 0.29) is 17.8 Å². The molecule has 1 fully saturated rings. The average Bonchev–Trinajstić information content (AvgIpc) is 3.54. The standard InChI is InChI=1S/C22H23N7O2S/c1-15-23-16(2)28(25-15)14-18-13-27(10-11-31-18)22(30)20-24-21(19-9-6-12-32-19)29(26-20)17-7-4-3-5-8-17/h3-9,12,18H,10-11,13-14H2,1-2H3/t18-/m1/s1. The van der Waals surface area contributed by atoms with E-state index in [1.165, 1.54) is 0 Å². The summed E-state index contributed by atoms with van der Waals surface area (Å²) in [5.41, 5.74) is 0.860. The van der Waals surface area contributed by atoms with Crippen LogP contribution in [0.1, 0.15) is 22.3 Å². The lowest BCUT2D eigenvalue weighted by Crippen LogP contribution is -2.47. The predicted molar refractivity (Wildman–Crippen MR) is 120 cm³/mol. The second-order valence-electron chi connectivity index (χ2n) is 7.62. The third-order valence-electron chi connectivity index (χ3n) is 5.31.